The Morgan fingerprint density at radius 3 is 0.968 bits per heavy atom. The van der Waals surface area contributed by atoms with Gasteiger partial charge in [0.05, 0.1) is 25.4 Å². The molecule has 2 atom stereocenters. The van der Waals surface area contributed by atoms with Crippen LogP contribution >= 0.6 is 0 Å². The summed E-state index contributed by atoms with van der Waals surface area (Å²) in [6.07, 6.45) is 61.0. The molecule has 0 spiro atoms. The molecular formula is C57H113NO5. The minimum Gasteiger partial charge on any atom is -0.466 e. The van der Waals surface area contributed by atoms with E-state index in [0.29, 0.717) is 25.9 Å². The Morgan fingerprint density at radius 1 is 0.381 bits per heavy atom. The van der Waals surface area contributed by atoms with Crippen LogP contribution in [0.3, 0.4) is 0 Å². The summed E-state index contributed by atoms with van der Waals surface area (Å²) < 4.78 is 5.49. The molecule has 63 heavy (non-hydrogen) atoms. The third kappa shape index (κ3) is 50.1. The van der Waals surface area contributed by atoms with Gasteiger partial charge >= 0.3 is 5.97 Å². The molecule has 0 aliphatic carbocycles. The molecule has 3 N–H and O–H groups in total. The van der Waals surface area contributed by atoms with Gasteiger partial charge in [-0.15, -0.1) is 0 Å². The number of hydrogen-bond acceptors (Lipinski definition) is 5. The van der Waals surface area contributed by atoms with Crippen LogP contribution in [0.1, 0.15) is 328 Å². The smallest absolute Gasteiger partial charge is 0.305 e. The first-order chi connectivity index (χ1) is 31.0. The van der Waals surface area contributed by atoms with E-state index in [1.807, 2.05) is 0 Å². The lowest BCUT2D eigenvalue weighted by Gasteiger charge is -2.22. The SMILES string of the molecule is CCCCCCCCCCCCCCCCCCC(=O)OCCCCCCCCCCCCCCCCCCCCCC(=O)NC(CO)C(O)CCCCCCCCCCCCC. The average Bonchev–Trinajstić information content (AvgIpc) is 3.28. The van der Waals surface area contributed by atoms with E-state index in [0.717, 1.165) is 38.5 Å². The normalized spacial score (nSPS) is 12.5. The van der Waals surface area contributed by atoms with E-state index in [1.165, 1.54) is 257 Å². The minimum atomic E-state index is -0.663. The topological polar surface area (TPSA) is 95.9 Å². The fourth-order valence-electron chi connectivity index (χ4n) is 9.23. The zero-order chi connectivity index (χ0) is 45.8. The van der Waals surface area contributed by atoms with Gasteiger partial charge in [-0.1, -0.05) is 290 Å². The predicted octanol–water partition coefficient (Wildman–Crippen LogP) is 17.5. The van der Waals surface area contributed by atoms with Gasteiger partial charge in [-0.25, -0.2) is 0 Å². The van der Waals surface area contributed by atoms with Gasteiger partial charge < -0.3 is 20.3 Å². The van der Waals surface area contributed by atoms with Gasteiger partial charge in [-0.05, 0) is 25.7 Å². The van der Waals surface area contributed by atoms with Gasteiger partial charge in [0.25, 0.3) is 0 Å². The second-order valence-corrected chi connectivity index (χ2v) is 20.0. The number of nitrogens with one attached hydrogen (secondary N) is 1. The van der Waals surface area contributed by atoms with Crippen LogP contribution in [0.25, 0.3) is 0 Å². The summed E-state index contributed by atoms with van der Waals surface area (Å²) >= 11 is 0. The van der Waals surface area contributed by atoms with Crippen LogP contribution in [-0.2, 0) is 14.3 Å². The van der Waals surface area contributed by atoms with E-state index in [1.54, 1.807) is 0 Å². The summed E-state index contributed by atoms with van der Waals surface area (Å²) in [5, 5.41) is 23.2. The van der Waals surface area contributed by atoms with Crippen molar-refractivity contribution in [1.82, 2.24) is 5.32 Å². The standard InChI is InChI=1S/C57H113NO5/c1-3-5-7-9-11-13-15-16-17-24-27-31-35-39-43-47-51-57(62)63-52-48-44-40-36-32-28-25-22-20-18-19-21-23-26-30-34-38-42-46-50-56(61)58-54(53-59)55(60)49-45-41-37-33-29-14-12-10-8-6-4-2/h54-55,59-60H,3-53H2,1-2H3,(H,58,61). The molecule has 0 aliphatic rings. The molecule has 6 nitrogen and oxygen atoms in total. The van der Waals surface area contributed by atoms with E-state index < -0.39 is 12.1 Å². The summed E-state index contributed by atoms with van der Waals surface area (Å²) in [7, 11) is 0. The molecule has 0 saturated heterocycles. The molecule has 0 aromatic carbocycles. The van der Waals surface area contributed by atoms with Crippen molar-refractivity contribution < 1.29 is 24.5 Å². The van der Waals surface area contributed by atoms with Gasteiger partial charge in [0, 0.05) is 12.8 Å². The van der Waals surface area contributed by atoms with Gasteiger partial charge in [-0.2, -0.15) is 0 Å². The van der Waals surface area contributed by atoms with Crippen molar-refractivity contribution in [2.24, 2.45) is 0 Å². The number of carbonyl (C=O) groups is 2. The number of rotatable bonds is 54. The van der Waals surface area contributed by atoms with Gasteiger partial charge in [0.2, 0.25) is 5.91 Å². The van der Waals surface area contributed by atoms with Crippen molar-refractivity contribution in [1.29, 1.82) is 0 Å². The highest BCUT2D eigenvalue weighted by atomic mass is 16.5. The zero-order valence-electron chi connectivity index (χ0n) is 42.8. The molecule has 0 saturated carbocycles. The molecule has 6 heteroatoms. The summed E-state index contributed by atoms with van der Waals surface area (Å²) in [6, 6.07) is -0.541. The maximum absolute atomic E-state index is 12.4. The lowest BCUT2D eigenvalue weighted by Crippen LogP contribution is -2.45. The average molecular weight is 893 g/mol. The molecule has 0 aliphatic heterocycles. The van der Waals surface area contributed by atoms with Gasteiger partial charge in [0.15, 0.2) is 0 Å². The Kier molecular flexibility index (Phi) is 52.5. The number of ether oxygens (including phenoxy) is 1. The maximum atomic E-state index is 12.4. The maximum Gasteiger partial charge on any atom is 0.305 e. The van der Waals surface area contributed by atoms with Gasteiger partial charge in [-0.3, -0.25) is 9.59 Å². The number of aliphatic hydroxyl groups excluding tert-OH is 2. The highest BCUT2D eigenvalue weighted by molar-refractivity contribution is 5.76. The predicted molar refractivity (Wildman–Crippen MR) is 274 cm³/mol. The number of hydrogen-bond donors (Lipinski definition) is 3. The number of carbonyl (C=O) groups excluding carboxylic acids is 2. The summed E-state index contributed by atoms with van der Waals surface area (Å²) in [4.78, 5) is 24.5. The van der Waals surface area contributed by atoms with E-state index in [-0.39, 0.29) is 18.5 Å². The van der Waals surface area contributed by atoms with Crippen LogP contribution in [0.2, 0.25) is 0 Å². The highest BCUT2D eigenvalue weighted by Crippen LogP contribution is 2.18. The molecule has 0 fully saturated rings. The molecule has 0 aromatic rings. The Balaban J connectivity index is 3.35. The second kappa shape index (κ2) is 53.5. The Labute approximate surface area is 394 Å². The second-order valence-electron chi connectivity index (χ2n) is 20.0. The summed E-state index contributed by atoms with van der Waals surface area (Å²) in [5.74, 6) is -0.0239. The summed E-state index contributed by atoms with van der Waals surface area (Å²) in [6.45, 7) is 4.96. The van der Waals surface area contributed by atoms with Crippen LogP contribution in [0.4, 0.5) is 0 Å². The number of amides is 1. The minimum absolute atomic E-state index is 0.0132. The molecule has 2 unspecified atom stereocenters. The Morgan fingerprint density at radius 2 is 0.651 bits per heavy atom. The van der Waals surface area contributed by atoms with Crippen molar-refractivity contribution >= 4 is 11.9 Å². The van der Waals surface area contributed by atoms with E-state index in [4.69, 9.17) is 4.74 Å². The van der Waals surface area contributed by atoms with E-state index in [2.05, 4.69) is 19.2 Å². The molecule has 0 bridgehead atoms. The van der Waals surface area contributed by atoms with Crippen LogP contribution < -0.4 is 5.32 Å². The van der Waals surface area contributed by atoms with Crippen molar-refractivity contribution in [2.45, 2.75) is 341 Å². The lowest BCUT2D eigenvalue weighted by atomic mass is 10.0. The first-order valence-electron chi connectivity index (χ1n) is 28.8. The van der Waals surface area contributed by atoms with Crippen molar-refractivity contribution in [3.05, 3.63) is 0 Å². The first kappa shape index (κ1) is 61.9. The van der Waals surface area contributed by atoms with Crippen LogP contribution in [0.15, 0.2) is 0 Å². The number of esters is 1. The quantitative estimate of drug-likeness (QED) is 0.0418. The highest BCUT2D eigenvalue weighted by Gasteiger charge is 2.20. The van der Waals surface area contributed by atoms with E-state index in [9.17, 15) is 19.8 Å². The summed E-state index contributed by atoms with van der Waals surface area (Å²) in [5.41, 5.74) is 0. The molecule has 0 aromatic heterocycles. The lowest BCUT2D eigenvalue weighted by molar-refractivity contribution is -0.143. The van der Waals surface area contributed by atoms with Crippen LogP contribution in [0.5, 0.6) is 0 Å². The fourth-order valence-corrected chi connectivity index (χ4v) is 9.23. The number of aliphatic hydroxyl groups is 2. The van der Waals surface area contributed by atoms with Gasteiger partial charge in [0.1, 0.15) is 0 Å². The van der Waals surface area contributed by atoms with Crippen LogP contribution in [-0.4, -0.2) is 47.4 Å². The monoisotopic (exact) mass is 892 g/mol. The molecule has 0 heterocycles. The third-order valence-electron chi connectivity index (χ3n) is 13.7. The van der Waals surface area contributed by atoms with Crippen molar-refractivity contribution in [3.63, 3.8) is 0 Å². The third-order valence-corrected chi connectivity index (χ3v) is 13.7. The molecule has 0 rings (SSSR count). The molecule has 0 radical (unpaired) electrons. The Hall–Kier alpha value is -1.14. The van der Waals surface area contributed by atoms with Crippen molar-refractivity contribution in [3.8, 4) is 0 Å². The molecular weight excluding hydrogens is 779 g/mol. The Bertz CT molecular complexity index is 898. The van der Waals surface area contributed by atoms with Crippen LogP contribution in [0, 0.1) is 0 Å². The number of unbranched alkanes of at least 4 members (excludes halogenated alkanes) is 43. The largest absolute Gasteiger partial charge is 0.466 e. The molecule has 376 valence electrons. The zero-order valence-corrected chi connectivity index (χ0v) is 42.8. The van der Waals surface area contributed by atoms with Crippen molar-refractivity contribution in [2.75, 3.05) is 13.2 Å². The fraction of sp³-hybridized carbons (Fsp3) is 0.965. The van der Waals surface area contributed by atoms with E-state index >= 15 is 0 Å². The first-order valence-corrected chi connectivity index (χ1v) is 28.8. The molecule has 1 amide bonds.